The number of allylic oxidation sites excluding steroid dienone is 2. The molecule has 0 aliphatic heterocycles. The molecular formula is C40H48N14O7. The molecule has 8 N–H and O–H groups in total. The molecule has 0 unspecified atom stereocenters. The van der Waals surface area contributed by atoms with Crippen molar-refractivity contribution in [3.8, 4) is 11.5 Å². The molecule has 21 nitrogen and oxygen atoms in total. The Hall–Kier alpha value is -7.55. The number of nitrogens with zero attached hydrogens (tertiary/aromatic N) is 8. The normalized spacial score (nSPS) is 11.4. The number of nitrogens with one attached hydrogen (secondary N) is 4. The molecule has 2 aromatic carbocycles. The van der Waals surface area contributed by atoms with E-state index in [0.717, 1.165) is 0 Å². The first-order chi connectivity index (χ1) is 29.3. The van der Waals surface area contributed by atoms with Crippen molar-refractivity contribution in [3.05, 3.63) is 82.5 Å². The molecule has 4 aromatic heterocycles. The smallest absolute Gasteiger partial charge is 0.276 e. The summed E-state index contributed by atoms with van der Waals surface area (Å²) in [6, 6.07) is 9.36. The molecule has 0 saturated carbocycles. The third-order valence-corrected chi connectivity index (χ3v) is 9.53. The van der Waals surface area contributed by atoms with E-state index in [1.807, 2.05) is 26.0 Å². The minimum atomic E-state index is -0.717. The van der Waals surface area contributed by atoms with E-state index in [0.29, 0.717) is 70.1 Å². The summed E-state index contributed by atoms with van der Waals surface area (Å²) in [6.45, 7) is 8.58. The highest BCUT2D eigenvalue weighted by Crippen LogP contribution is 2.33. The van der Waals surface area contributed by atoms with Crippen molar-refractivity contribution in [3.63, 3.8) is 0 Å². The Labute approximate surface area is 349 Å². The summed E-state index contributed by atoms with van der Waals surface area (Å²) in [4.78, 5) is 73.5. The number of hydrogen-bond donors (Lipinski definition) is 6. The standard InChI is InChI=1S/C40H48N14O7/c1-7-53-28(16-22(3)49-53)37(58)46-39-44-26-18-24(35(41)56)20-30(60-6)33(26)51(39)13-9-10-14-52-34-27(45-40(52)47-38(59)29-17-23(4)50-54(29)8-2)19-25(36(42)57)21-31(34)61-15-11-12-32(55)48-43-5/h9-10,16-21,43H,7-8,11-15H2,1-6H3,(H2,41,56)(H2,42,57)(H,48,55)(H,44,46,58)(H,45,47,59)/b10-9+. The van der Waals surface area contributed by atoms with Crippen LogP contribution >= 0.6 is 0 Å². The fourth-order valence-electron chi connectivity index (χ4n) is 6.80. The second-order valence-corrected chi connectivity index (χ2v) is 13.8. The van der Waals surface area contributed by atoms with Gasteiger partial charge in [-0.25, -0.2) is 15.4 Å². The van der Waals surface area contributed by atoms with Crippen LogP contribution in [0.25, 0.3) is 22.1 Å². The van der Waals surface area contributed by atoms with Gasteiger partial charge in [-0.2, -0.15) is 10.2 Å². The van der Waals surface area contributed by atoms with Crippen LogP contribution in [0.1, 0.15) is 79.8 Å². The zero-order chi connectivity index (χ0) is 44.0. The third kappa shape index (κ3) is 9.36. The first-order valence-electron chi connectivity index (χ1n) is 19.4. The zero-order valence-electron chi connectivity index (χ0n) is 34.7. The Morgan fingerprint density at radius 2 is 1.20 bits per heavy atom. The van der Waals surface area contributed by atoms with Gasteiger partial charge in [-0.05, 0) is 70.5 Å². The number of aryl methyl sites for hydroxylation is 4. The number of anilines is 2. The van der Waals surface area contributed by atoms with E-state index in [1.54, 1.807) is 51.5 Å². The maximum atomic E-state index is 13.7. The summed E-state index contributed by atoms with van der Waals surface area (Å²) >= 11 is 0. The van der Waals surface area contributed by atoms with Gasteiger partial charge in [-0.3, -0.25) is 49.4 Å². The topological polar surface area (TPSA) is 275 Å². The van der Waals surface area contributed by atoms with E-state index in [1.165, 1.54) is 31.4 Å². The third-order valence-electron chi connectivity index (χ3n) is 9.53. The van der Waals surface area contributed by atoms with Crippen molar-refractivity contribution in [2.75, 3.05) is 31.4 Å². The molecule has 4 heterocycles. The summed E-state index contributed by atoms with van der Waals surface area (Å²) in [5, 5.41) is 14.6. The summed E-state index contributed by atoms with van der Waals surface area (Å²) < 4.78 is 18.4. The molecule has 0 atom stereocenters. The Bertz CT molecular complexity index is 2690. The fourth-order valence-corrected chi connectivity index (χ4v) is 6.80. The second kappa shape index (κ2) is 18.6. The van der Waals surface area contributed by atoms with Gasteiger partial charge in [0.1, 0.15) is 33.9 Å². The number of carbonyl (C=O) groups is 5. The van der Waals surface area contributed by atoms with Gasteiger partial charge in [0, 0.05) is 50.8 Å². The molecule has 6 rings (SSSR count). The molecule has 0 saturated heterocycles. The summed E-state index contributed by atoms with van der Waals surface area (Å²) in [6.07, 6.45) is 4.12. The molecule has 5 amide bonds. The van der Waals surface area contributed by atoms with Gasteiger partial charge in [-0.15, -0.1) is 0 Å². The van der Waals surface area contributed by atoms with Gasteiger partial charge < -0.3 is 30.1 Å². The Kier molecular flexibility index (Phi) is 13.1. The van der Waals surface area contributed by atoms with Crippen LogP contribution in [0.4, 0.5) is 11.9 Å². The number of ether oxygens (including phenoxy) is 2. The van der Waals surface area contributed by atoms with Gasteiger partial charge in [0.25, 0.3) is 11.8 Å². The van der Waals surface area contributed by atoms with E-state index < -0.39 is 23.6 Å². The van der Waals surface area contributed by atoms with Crippen LogP contribution < -0.4 is 42.4 Å². The van der Waals surface area contributed by atoms with Crippen LogP contribution in [0.5, 0.6) is 11.5 Å². The van der Waals surface area contributed by atoms with E-state index in [2.05, 4.69) is 36.7 Å². The van der Waals surface area contributed by atoms with Gasteiger partial charge in [0.05, 0.1) is 36.1 Å². The van der Waals surface area contributed by atoms with E-state index >= 15 is 0 Å². The predicted octanol–water partition coefficient (Wildman–Crippen LogP) is 2.81. The van der Waals surface area contributed by atoms with E-state index in [9.17, 15) is 24.0 Å². The van der Waals surface area contributed by atoms with Gasteiger partial charge >= 0.3 is 0 Å². The quantitative estimate of drug-likeness (QED) is 0.0391. The second-order valence-electron chi connectivity index (χ2n) is 13.8. The van der Waals surface area contributed by atoms with Crippen LogP contribution in [0, 0.1) is 13.8 Å². The van der Waals surface area contributed by atoms with Gasteiger partial charge in [0.2, 0.25) is 29.6 Å². The van der Waals surface area contributed by atoms with Crippen LogP contribution in [0.15, 0.2) is 48.6 Å². The minimum Gasteiger partial charge on any atom is -0.494 e. The van der Waals surface area contributed by atoms with Crippen LogP contribution in [0.2, 0.25) is 0 Å². The highest BCUT2D eigenvalue weighted by atomic mass is 16.5. The number of fused-ring (bicyclic) bond motifs is 2. The van der Waals surface area contributed by atoms with Crippen molar-refractivity contribution in [1.82, 2.24) is 49.5 Å². The predicted molar refractivity (Wildman–Crippen MR) is 225 cm³/mol. The first-order valence-corrected chi connectivity index (χ1v) is 19.4. The van der Waals surface area contributed by atoms with Crippen molar-refractivity contribution >= 4 is 63.5 Å². The zero-order valence-corrected chi connectivity index (χ0v) is 34.7. The maximum absolute atomic E-state index is 13.7. The van der Waals surface area contributed by atoms with Crippen molar-refractivity contribution < 1.29 is 33.4 Å². The molecule has 0 spiro atoms. The molecule has 0 fully saturated rings. The number of hydrogen-bond acceptors (Lipinski definition) is 12. The Balaban J connectivity index is 1.40. The number of imidazole rings is 2. The molecule has 0 aliphatic carbocycles. The number of amides is 5. The molecule has 61 heavy (non-hydrogen) atoms. The number of hydrazine groups is 1. The number of nitrogens with two attached hydrogens (primary N) is 2. The lowest BCUT2D eigenvalue weighted by Crippen LogP contribution is -2.34. The number of aromatic nitrogens is 8. The summed E-state index contributed by atoms with van der Waals surface area (Å²) in [5.41, 5.74) is 20.3. The van der Waals surface area contributed by atoms with Crippen LogP contribution in [0.3, 0.4) is 0 Å². The molecule has 0 aliphatic rings. The average Bonchev–Trinajstić information content (AvgIpc) is 3.99. The first kappa shape index (κ1) is 43.0. The van der Waals surface area contributed by atoms with Gasteiger partial charge in [-0.1, -0.05) is 12.2 Å². The van der Waals surface area contributed by atoms with E-state index in [-0.39, 0.29) is 60.8 Å². The van der Waals surface area contributed by atoms with Crippen LogP contribution in [-0.2, 0) is 31.0 Å². The molecule has 0 bridgehead atoms. The minimum absolute atomic E-state index is 0.103. The molecule has 0 radical (unpaired) electrons. The highest BCUT2D eigenvalue weighted by Gasteiger charge is 2.24. The molecule has 320 valence electrons. The molecular weight excluding hydrogens is 789 g/mol. The molecule has 6 aromatic rings. The van der Waals surface area contributed by atoms with Crippen LogP contribution in [-0.4, -0.2) is 89.0 Å². The van der Waals surface area contributed by atoms with E-state index in [4.69, 9.17) is 25.9 Å². The number of primary amides is 2. The lowest BCUT2D eigenvalue weighted by Gasteiger charge is -2.13. The number of benzene rings is 2. The highest BCUT2D eigenvalue weighted by molar-refractivity contribution is 6.05. The molecule has 21 heteroatoms. The largest absolute Gasteiger partial charge is 0.494 e. The average molecular weight is 837 g/mol. The lowest BCUT2D eigenvalue weighted by molar-refractivity contribution is -0.122. The van der Waals surface area contributed by atoms with Crippen molar-refractivity contribution in [2.24, 2.45) is 11.5 Å². The Morgan fingerprint density at radius 1 is 0.721 bits per heavy atom. The summed E-state index contributed by atoms with van der Waals surface area (Å²) in [7, 11) is 3.03. The SMILES string of the molecule is CCn1nc(C)cc1C(=O)Nc1nc2cc(C(N)=O)cc(OC)c2n1C/C=C/Cn1c(NC(=O)c2cc(C)nn2CC)nc2cc(C(N)=O)cc(OCCCC(=O)NNC)c21. The number of rotatable bonds is 19. The Morgan fingerprint density at radius 3 is 1.64 bits per heavy atom. The monoisotopic (exact) mass is 836 g/mol. The van der Waals surface area contributed by atoms with Crippen molar-refractivity contribution in [2.45, 2.75) is 66.7 Å². The van der Waals surface area contributed by atoms with Crippen molar-refractivity contribution in [1.29, 1.82) is 0 Å². The lowest BCUT2D eigenvalue weighted by atomic mass is 10.1. The fraction of sp³-hybridized carbons (Fsp3) is 0.325. The number of methoxy groups -OCH3 is 1. The maximum Gasteiger partial charge on any atom is 0.276 e. The summed E-state index contributed by atoms with van der Waals surface area (Å²) in [5.74, 6) is -1.71. The number of carbonyl (C=O) groups excluding carboxylic acids is 5. The van der Waals surface area contributed by atoms with Gasteiger partial charge in [0.15, 0.2) is 0 Å².